The van der Waals surface area contributed by atoms with Gasteiger partial charge in [0.25, 0.3) is 0 Å². The van der Waals surface area contributed by atoms with E-state index in [0.717, 1.165) is 25.7 Å². The molecule has 21 heavy (non-hydrogen) atoms. The van der Waals surface area contributed by atoms with Crippen LogP contribution in [0.15, 0.2) is 18.2 Å². The van der Waals surface area contributed by atoms with E-state index < -0.39 is 0 Å². The Morgan fingerprint density at radius 1 is 1.00 bits per heavy atom. The highest BCUT2D eigenvalue weighted by Crippen LogP contribution is 2.26. The first-order valence-corrected chi connectivity index (χ1v) is 7.83. The largest absolute Gasteiger partial charge is 0.326 e. The third kappa shape index (κ3) is 6.63. The monoisotopic (exact) mass is 310 g/mol. The van der Waals surface area contributed by atoms with Crippen LogP contribution in [0.25, 0.3) is 0 Å². The number of unbranched alkanes of at least 4 members (excludes halogenated alkanes) is 2. The van der Waals surface area contributed by atoms with E-state index in [-0.39, 0.29) is 11.8 Å². The molecule has 2 amide bonds. The molecule has 0 spiro atoms. The summed E-state index contributed by atoms with van der Waals surface area (Å²) < 4.78 is 0. The molecule has 0 aliphatic heterocycles. The predicted octanol–water partition coefficient (Wildman–Crippen LogP) is 4.60. The molecule has 0 aliphatic carbocycles. The van der Waals surface area contributed by atoms with E-state index in [1.807, 2.05) is 6.92 Å². The van der Waals surface area contributed by atoms with Crippen molar-refractivity contribution in [2.24, 2.45) is 0 Å². The first-order chi connectivity index (χ1) is 10.1. The number of anilines is 2. The molecule has 0 radical (unpaired) electrons. The van der Waals surface area contributed by atoms with Gasteiger partial charge in [0.1, 0.15) is 0 Å². The normalized spacial score (nSPS) is 10.2. The van der Waals surface area contributed by atoms with Crippen molar-refractivity contribution in [3.05, 3.63) is 23.2 Å². The molecule has 0 aliphatic rings. The molecule has 0 unspecified atom stereocenters. The van der Waals surface area contributed by atoms with Crippen LogP contribution >= 0.6 is 11.6 Å². The van der Waals surface area contributed by atoms with Crippen LogP contribution in [0.3, 0.4) is 0 Å². The lowest BCUT2D eigenvalue weighted by molar-refractivity contribution is -0.117. The summed E-state index contributed by atoms with van der Waals surface area (Å²) >= 11 is 6.07. The SMILES string of the molecule is CCCCCC(=O)Nc1cc(NC(=O)CCC)ccc1Cl. The standard InChI is InChI=1S/C16H23ClN2O2/c1-3-5-6-8-16(21)19-14-11-12(9-10-13(14)17)18-15(20)7-4-2/h9-11H,3-8H2,1-2H3,(H,18,20)(H,19,21). The van der Waals surface area contributed by atoms with Gasteiger partial charge in [0, 0.05) is 18.5 Å². The van der Waals surface area contributed by atoms with Crippen LogP contribution in [0.4, 0.5) is 11.4 Å². The maximum absolute atomic E-state index is 11.8. The van der Waals surface area contributed by atoms with Gasteiger partial charge in [-0.2, -0.15) is 0 Å². The van der Waals surface area contributed by atoms with Crippen molar-refractivity contribution in [1.29, 1.82) is 0 Å². The van der Waals surface area contributed by atoms with Gasteiger partial charge in [-0.15, -0.1) is 0 Å². The summed E-state index contributed by atoms with van der Waals surface area (Å²) in [6.07, 6.45) is 4.73. The fourth-order valence-corrected chi connectivity index (χ4v) is 2.06. The molecule has 4 nitrogen and oxygen atoms in total. The summed E-state index contributed by atoms with van der Waals surface area (Å²) in [7, 11) is 0. The number of nitrogens with one attached hydrogen (secondary N) is 2. The summed E-state index contributed by atoms with van der Waals surface area (Å²) in [5.74, 6) is -0.0950. The van der Waals surface area contributed by atoms with E-state index in [0.29, 0.717) is 29.2 Å². The lowest BCUT2D eigenvalue weighted by Crippen LogP contribution is -2.13. The number of amides is 2. The van der Waals surface area contributed by atoms with Crippen LogP contribution in [0.5, 0.6) is 0 Å². The third-order valence-electron chi connectivity index (χ3n) is 3.01. The van der Waals surface area contributed by atoms with E-state index in [4.69, 9.17) is 11.6 Å². The average Bonchev–Trinajstić information content (AvgIpc) is 2.43. The van der Waals surface area contributed by atoms with Gasteiger partial charge in [0.05, 0.1) is 10.7 Å². The van der Waals surface area contributed by atoms with Crippen molar-refractivity contribution < 1.29 is 9.59 Å². The molecular weight excluding hydrogens is 288 g/mol. The van der Waals surface area contributed by atoms with Crippen molar-refractivity contribution >= 4 is 34.8 Å². The Morgan fingerprint density at radius 3 is 2.38 bits per heavy atom. The molecule has 0 heterocycles. The number of halogens is 1. The highest BCUT2D eigenvalue weighted by atomic mass is 35.5. The zero-order chi connectivity index (χ0) is 15.7. The van der Waals surface area contributed by atoms with Gasteiger partial charge in [0.15, 0.2) is 0 Å². The van der Waals surface area contributed by atoms with E-state index in [2.05, 4.69) is 17.6 Å². The fraction of sp³-hybridized carbons (Fsp3) is 0.500. The minimum atomic E-state index is -0.0533. The van der Waals surface area contributed by atoms with Crippen molar-refractivity contribution in [2.45, 2.75) is 52.4 Å². The molecule has 0 atom stereocenters. The average molecular weight is 311 g/mol. The van der Waals surface area contributed by atoms with Crippen LogP contribution in [-0.2, 0) is 9.59 Å². The van der Waals surface area contributed by atoms with Gasteiger partial charge < -0.3 is 10.6 Å². The maximum atomic E-state index is 11.8. The maximum Gasteiger partial charge on any atom is 0.224 e. The quantitative estimate of drug-likeness (QED) is 0.689. The second kappa shape index (κ2) is 9.40. The van der Waals surface area contributed by atoms with Crippen LogP contribution in [0, 0.1) is 0 Å². The number of hydrogen-bond donors (Lipinski definition) is 2. The molecular formula is C16H23ClN2O2. The van der Waals surface area contributed by atoms with Gasteiger partial charge in [0.2, 0.25) is 11.8 Å². The second-order valence-electron chi connectivity index (χ2n) is 5.00. The molecule has 0 saturated carbocycles. The molecule has 0 aromatic heterocycles. The van der Waals surface area contributed by atoms with Crippen LogP contribution in [-0.4, -0.2) is 11.8 Å². The lowest BCUT2D eigenvalue weighted by atomic mass is 10.2. The second-order valence-corrected chi connectivity index (χ2v) is 5.41. The Balaban J connectivity index is 2.64. The highest BCUT2D eigenvalue weighted by molar-refractivity contribution is 6.33. The molecule has 0 saturated heterocycles. The Bertz CT molecular complexity index is 489. The van der Waals surface area contributed by atoms with Crippen LogP contribution in [0.2, 0.25) is 5.02 Å². The Morgan fingerprint density at radius 2 is 1.71 bits per heavy atom. The minimum absolute atomic E-state index is 0.0416. The predicted molar refractivity (Wildman–Crippen MR) is 87.8 cm³/mol. The molecule has 0 fully saturated rings. The number of hydrogen-bond acceptors (Lipinski definition) is 2. The first-order valence-electron chi connectivity index (χ1n) is 7.46. The zero-order valence-electron chi connectivity index (χ0n) is 12.7. The summed E-state index contributed by atoms with van der Waals surface area (Å²) in [5, 5.41) is 6.04. The summed E-state index contributed by atoms with van der Waals surface area (Å²) in [4.78, 5) is 23.4. The van der Waals surface area contributed by atoms with E-state index in [9.17, 15) is 9.59 Å². The molecule has 1 aromatic carbocycles. The molecule has 0 bridgehead atoms. The van der Waals surface area contributed by atoms with E-state index in [1.54, 1.807) is 18.2 Å². The van der Waals surface area contributed by atoms with Gasteiger partial charge in [-0.1, -0.05) is 38.3 Å². The van der Waals surface area contributed by atoms with E-state index in [1.165, 1.54) is 0 Å². The smallest absolute Gasteiger partial charge is 0.224 e. The number of carbonyl (C=O) groups excluding carboxylic acids is 2. The topological polar surface area (TPSA) is 58.2 Å². The Hall–Kier alpha value is -1.55. The van der Waals surface area contributed by atoms with Gasteiger partial charge in [-0.05, 0) is 31.0 Å². The lowest BCUT2D eigenvalue weighted by Gasteiger charge is -2.10. The Labute approximate surface area is 131 Å². The third-order valence-corrected chi connectivity index (χ3v) is 3.34. The Kier molecular flexibility index (Phi) is 7.83. The number of benzene rings is 1. The first kappa shape index (κ1) is 17.5. The highest BCUT2D eigenvalue weighted by Gasteiger charge is 2.08. The molecule has 1 rings (SSSR count). The van der Waals surface area contributed by atoms with Gasteiger partial charge in [-0.3, -0.25) is 9.59 Å². The molecule has 5 heteroatoms. The van der Waals surface area contributed by atoms with Crippen molar-refractivity contribution in [1.82, 2.24) is 0 Å². The molecule has 116 valence electrons. The summed E-state index contributed by atoms with van der Waals surface area (Å²) in [6, 6.07) is 5.08. The summed E-state index contributed by atoms with van der Waals surface area (Å²) in [5.41, 5.74) is 1.18. The number of carbonyl (C=O) groups is 2. The van der Waals surface area contributed by atoms with Crippen LogP contribution in [0.1, 0.15) is 52.4 Å². The van der Waals surface area contributed by atoms with Gasteiger partial charge >= 0.3 is 0 Å². The fourth-order valence-electron chi connectivity index (χ4n) is 1.90. The number of rotatable bonds is 8. The molecule has 1 aromatic rings. The van der Waals surface area contributed by atoms with Crippen molar-refractivity contribution in [3.8, 4) is 0 Å². The van der Waals surface area contributed by atoms with Crippen LogP contribution < -0.4 is 10.6 Å². The van der Waals surface area contributed by atoms with E-state index >= 15 is 0 Å². The minimum Gasteiger partial charge on any atom is -0.326 e. The molecule has 2 N–H and O–H groups in total. The van der Waals surface area contributed by atoms with Crippen molar-refractivity contribution in [3.63, 3.8) is 0 Å². The summed E-state index contributed by atoms with van der Waals surface area (Å²) in [6.45, 7) is 4.04. The van der Waals surface area contributed by atoms with Gasteiger partial charge in [-0.25, -0.2) is 0 Å². The van der Waals surface area contributed by atoms with Crippen molar-refractivity contribution in [2.75, 3.05) is 10.6 Å². The zero-order valence-corrected chi connectivity index (χ0v) is 13.4.